The van der Waals surface area contributed by atoms with Gasteiger partial charge in [0.1, 0.15) is 5.56 Å². The Kier molecular flexibility index (Phi) is 6.83. The summed E-state index contributed by atoms with van der Waals surface area (Å²) in [5.74, 6) is -0.796. The van der Waals surface area contributed by atoms with Crippen molar-refractivity contribution in [1.82, 2.24) is 14.6 Å². The van der Waals surface area contributed by atoms with Crippen LogP contribution >= 0.6 is 0 Å². The van der Waals surface area contributed by atoms with Gasteiger partial charge in [0.2, 0.25) is 11.8 Å². The fraction of sp³-hybridized carbons (Fsp3) is 0.333. The van der Waals surface area contributed by atoms with Crippen LogP contribution in [0.25, 0.3) is 5.69 Å². The van der Waals surface area contributed by atoms with E-state index in [1.54, 1.807) is 12.1 Å². The van der Waals surface area contributed by atoms with Crippen molar-refractivity contribution in [2.75, 3.05) is 18.0 Å². The average molecular weight is 490 g/mol. The average Bonchev–Trinajstić information content (AvgIpc) is 3.25. The summed E-state index contributed by atoms with van der Waals surface area (Å²) in [5.41, 5.74) is 2.77. The Labute approximate surface area is 209 Å². The third-order valence-electron chi connectivity index (χ3n) is 6.48. The molecular weight excluding hydrogens is 458 g/mol. The van der Waals surface area contributed by atoms with E-state index in [1.807, 2.05) is 44.2 Å². The number of nitrogens with one attached hydrogen (secondary N) is 1. The van der Waals surface area contributed by atoms with E-state index < -0.39 is 23.2 Å². The second-order valence-corrected chi connectivity index (χ2v) is 9.03. The Morgan fingerprint density at radius 2 is 1.69 bits per heavy atom. The summed E-state index contributed by atoms with van der Waals surface area (Å²) in [4.78, 5) is 42.5. The van der Waals surface area contributed by atoms with Gasteiger partial charge in [-0.1, -0.05) is 18.2 Å². The first-order valence-corrected chi connectivity index (χ1v) is 12.0. The molecule has 0 spiro atoms. The molecule has 0 unspecified atom stereocenters. The summed E-state index contributed by atoms with van der Waals surface area (Å²) >= 11 is 0. The lowest BCUT2D eigenvalue weighted by atomic mass is 9.98. The number of nitrogens with zero attached hydrogens (tertiary/aromatic N) is 4. The minimum atomic E-state index is -0.753. The highest BCUT2D eigenvalue weighted by Crippen LogP contribution is 2.34. The maximum Gasteiger partial charge on any atom is 0.335 e. The zero-order valence-electron chi connectivity index (χ0n) is 21.2. The van der Waals surface area contributed by atoms with E-state index in [2.05, 4.69) is 28.8 Å². The molecule has 188 valence electrons. The molecule has 0 radical (unpaired) electrons. The quantitative estimate of drug-likeness (QED) is 0.551. The number of aryl methyl sites for hydroxylation is 2. The number of benzene rings is 2. The molecule has 4 rings (SSSR count). The van der Waals surface area contributed by atoms with Crippen LogP contribution < -0.4 is 16.1 Å². The maximum atomic E-state index is 12.9. The molecular formula is C27H31N5O4. The van der Waals surface area contributed by atoms with Gasteiger partial charge in [0.05, 0.1) is 17.4 Å². The van der Waals surface area contributed by atoms with Gasteiger partial charge in [-0.3, -0.25) is 14.6 Å². The normalized spacial score (nSPS) is 15.2. The van der Waals surface area contributed by atoms with Crippen molar-refractivity contribution >= 4 is 17.3 Å². The third-order valence-corrected chi connectivity index (χ3v) is 6.48. The zero-order chi connectivity index (χ0) is 26.1. The number of carbonyl (C=O) groups is 1. The fourth-order valence-corrected chi connectivity index (χ4v) is 4.81. The third kappa shape index (κ3) is 4.56. The van der Waals surface area contributed by atoms with Gasteiger partial charge in [-0.25, -0.2) is 14.4 Å². The van der Waals surface area contributed by atoms with Crippen molar-refractivity contribution < 1.29 is 9.90 Å². The summed E-state index contributed by atoms with van der Waals surface area (Å²) in [6.45, 7) is 11.1. The number of aromatic amines is 1. The second kappa shape index (κ2) is 9.85. The van der Waals surface area contributed by atoms with Crippen LogP contribution in [0.4, 0.5) is 5.69 Å². The number of hydrazone groups is 1. The Morgan fingerprint density at radius 1 is 1.08 bits per heavy atom. The Morgan fingerprint density at radius 3 is 2.25 bits per heavy atom. The highest BCUT2D eigenvalue weighted by atomic mass is 16.3. The lowest BCUT2D eigenvalue weighted by Crippen LogP contribution is -2.33. The van der Waals surface area contributed by atoms with E-state index >= 15 is 0 Å². The molecule has 1 atom stereocenters. The molecule has 36 heavy (non-hydrogen) atoms. The summed E-state index contributed by atoms with van der Waals surface area (Å²) in [6.07, 6.45) is 0.214. The van der Waals surface area contributed by atoms with Crippen molar-refractivity contribution in [3.05, 3.63) is 85.6 Å². The fourth-order valence-electron chi connectivity index (χ4n) is 4.81. The van der Waals surface area contributed by atoms with Crippen LogP contribution in [0.1, 0.15) is 55.5 Å². The van der Waals surface area contributed by atoms with Crippen molar-refractivity contribution in [3.8, 4) is 11.6 Å². The van der Waals surface area contributed by atoms with Gasteiger partial charge < -0.3 is 10.0 Å². The van der Waals surface area contributed by atoms with E-state index in [-0.39, 0.29) is 23.6 Å². The van der Waals surface area contributed by atoms with E-state index in [9.17, 15) is 19.5 Å². The van der Waals surface area contributed by atoms with E-state index in [0.29, 0.717) is 5.69 Å². The number of hydrogen-bond acceptors (Lipinski definition) is 6. The predicted molar refractivity (Wildman–Crippen MR) is 140 cm³/mol. The van der Waals surface area contributed by atoms with Gasteiger partial charge >= 0.3 is 5.69 Å². The number of hydrogen-bond donors (Lipinski definition) is 2. The molecule has 1 aliphatic rings. The lowest BCUT2D eigenvalue weighted by Gasteiger charge is -2.23. The van der Waals surface area contributed by atoms with Gasteiger partial charge in [-0.15, -0.1) is 0 Å². The molecule has 1 aliphatic heterocycles. The van der Waals surface area contributed by atoms with Crippen LogP contribution in [-0.4, -0.2) is 44.4 Å². The van der Waals surface area contributed by atoms with E-state index in [1.165, 1.54) is 11.9 Å². The van der Waals surface area contributed by atoms with Gasteiger partial charge in [-0.05, 0) is 68.7 Å². The number of aromatic hydroxyl groups is 1. The lowest BCUT2D eigenvalue weighted by molar-refractivity contribution is -0.130. The van der Waals surface area contributed by atoms with Crippen molar-refractivity contribution in [1.29, 1.82) is 0 Å². The molecule has 1 aromatic heterocycles. The van der Waals surface area contributed by atoms with E-state index in [4.69, 9.17) is 0 Å². The molecule has 0 aliphatic carbocycles. The van der Waals surface area contributed by atoms with Gasteiger partial charge in [-0.2, -0.15) is 5.10 Å². The molecule has 1 amide bonds. The molecule has 2 heterocycles. The number of anilines is 1. The SMILES string of the molecule is CCN(CC)c1ccc([C@H]2CC(c3c(O)n(-c4cc(C)cc(C)c4)c(=O)[nH]c3=O)=NN2C(C)=O)cc1. The Hall–Kier alpha value is -4.14. The number of carbonyl (C=O) groups excluding carboxylic acids is 1. The van der Waals surface area contributed by atoms with Gasteiger partial charge in [0, 0.05) is 32.1 Å². The molecule has 2 aromatic carbocycles. The Balaban J connectivity index is 1.77. The summed E-state index contributed by atoms with van der Waals surface area (Å²) in [7, 11) is 0. The zero-order valence-corrected chi connectivity index (χ0v) is 21.2. The largest absolute Gasteiger partial charge is 0.493 e. The molecule has 9 heteroatoms. The molecule has 0 saturated heterocycles. The monoisotopic (exact) mass is 489 g/mol. The van der Waals surface area contributed by atoms with Crippen LogP contribution in [0, 0.1) is 13.8 Å². The van der Waals surface area contributed by atoms with Gasteiger partial charge in [0.25, 0.3) is 5.56 Å². The molecule has 0 bridgehead atoms. The van der Waals surface area contributed by atoms with Crippen LogP contribution in [0.3, 0.4) is 0 Å². The predicted octanol–water partition coefficient (Wildman–Crippen LogP) is 3.39. The standard InChI is InChI=1S/C27H31N5O4/c1-6-30(7-2)20-10-8-19(9-11-20)23-15-22(29-32(23)18(5)33)24-25(34)28-27(36)31(26(24)35)21-13-16(3)12-17(4)14-21/h8-14,23,35H,6-7,15H2,1-5H3,(H,28,34,36)/t23-/m1/s1. The number of H-pyrrole nitrogens is 1. The first kappa shape index (κ1) is 25.0. The first-order chi connectivity index (χ1) is 17.1. The minimum Gasteiger partial charge on any atom is -0.493 e. The summed E-state index contributed by atoms with van der Waals surface area (Å²) < 4.78 is 1.06. The molecule has 0 saturated carbocycles. The van der Waals surface area contributed by atoms with Crippen LogP contribution in [0.15, 0.2) is 57.2 Å². The van der Waals surface area contributed by atoms with Crippen molar-refractivity contribution in [2.45, 2.75) is 47.1 Å². The minimum absolute atomic E-state index is 0.123. The first-order valence-electron chi connectivity index (χ1n) is 12.0. The van der Waals surface area contributed by atoms with Gasteiger partial charge in [0.15, 0.2) is 0 Å². The molecule has 9 nitrogen and oxygen atoms in total. The second-order valence-electron chi connectivity index (χ2n) is 9.03. The smallest absolute Gasteiger partial charge is 0.335 e. The molecule has 2 N–H and O–H groups in total. The van der Waals surface area contributed by atoms with Crippen molar-refractivity contribution in [3.63, 3.8) is 0 Å². The van der Waals surface area contributed by atoms with Crippen LogP contribution in [0.5, 0.6) is 5.88 Å². The maximum absolute atomic E-state index is 12.9. The number of amides is 1. The highest BCUT2D eigenvalue weighted by molar-refractivity contribution is 6.04. The molecule has 0 fully saturated rings. The van der Waals surface area contributed by atoms with Crippen LogP contribution in [-0.2, 0) is 4.79 Å². The summed E-state index contributed by atoms with van der Waals surface area (Å²) in [6, 6.07) is 12.9. The number of aromatic nitrogens is 2. The Bertz CT molecular complexity index is 1430. The van der Waals surface area contributed by atoms with Crippen LogP contribution in [0.2, 0.25) is 0 Å². The molecule has 3 aromatic rings. The van der Waals surface area contributed by atoms with Crippen molar-refractivity contribution in [2.24, 2.45) is 5.10 Å². The summed E-state index contributed by atoms with van der Waals surface area (Å²) in [5, 5.41) is 16.9. The topological polar surface area (TPSA) is 111 Å². The van der Waals surface area contributed by atoms with E-state index in [0.717, 1.165) is 40.0 Å². The number of rotatable bonds is 6. The highest BCUT2D eigenvalue weighted by Gasteiger charge is 2.34.